The average Bonchev–Trinajstić information content (AvgIpc) is 2.82. The normalized spacial score (nSPS) is 10.7. The number of carbonyl (C=O) groups excluding carboxylic acids is 1. The van der Waals surface area contributed by atoms with Crippen molar-refractivity contribution in [2.45, 2.75) is 13.5 Å². The predicted molar refractivity (Wildman–Crippen MR) is 63.9 cm³/mol. The highest BCUT2D eigenvalue weighted by Crippen LogP contribution is 2.19. The molecule has 0 spiro atoms. The fourth-order valence-corrected chi connectivity index (χ4v) is 1.68. The second-order valence-corrected chi connectivity index (χ2v) is 4.11. The van der Waals surface area contributed by atoms with E-state index >= 15 is 0 Å². The zero-order valence-electron chi connectivity index (χ0n) is 10.5. The number of hydrogen-bond donors (Lipinski definition) is 0. The quantitative estimate of drug-likeness (QED) is 0.797. The van der Waals surface area contributed by atoms with E-state index in [1.807, 2.05) is 0 Å². The number of furan rings is 1. The lowest BCUT2D eigenvalue weighted by Crippen LogP contribution is -2.05. The summed E-state index contributed by atoms with van der Waals surface area (Å²) in [6.45, 7) is 1.68. The van der Waals surface area contributed by atoms with Gasteiger partial charge in [-0.15, -0.1) is 0 Å². The van der Waals surface area contributed by atoms with Gasteiger partial charge in [0.2, 0.25) is 5.78 Å². The molecule has 0 fully saturated rings. The van der Waals surface area contributed by atoms with Crippen LogP contribution < -0.4 is 0 Å². The fourth-order valence-electron chi connectivity index (χ4n) is 1.68. The number of ketones is 1. The average molecular weight is 266 g/mol. The Balaban J connectivity index is 2.35. The van der Waals surface area contributed by atoms with Gasteiger partial charge in [0.15, 0.2) is 5.76 Å². The minimum atomic E-state index is -0.905. The van der Waals surface area contributed by atoms with Gasteiger partial charge in [-0.25, -0.2) is 8.78 Å². The molecule has 0 bridgehead atoms. The van der Waals surface area contributed by atoms with E-state index in [0.29, 0.717) is 11.8 Å². The maximum Gasteiger partial charge on any atom is 0.231 e. The number of benzene rings is 1. The van der Waals surface area contributed by atoms with E-state index < -0.39 is 17.4 Å². The third kappa shape index (κ3) is 2.71. The lowest BCUT2D eigenvalue weighted by Gasteiger charge is -2.03. The van der Waals surface area contributed by atoms with Gasteiger partial charge in [-0.2, -0.15) is 0 Å². The highest BCUT2D eigenvalue weighted by atomic mass is 19.1. The van der Waals surface area contributed by atoms with Crippen molar-refractivity contribution in [3.05, 3.63) is 58.5 Å². The number of halogens is 2. The Morgan fingerprint density at radius 3 is 2.68 bits per heavy atom. The van der Waals surface area contributed by atoms with E-state index in [4.69, 9.17) is 9.15 Å². The Bertz CT molecular complexity index is 617. The number of ether oxygens (including phenoxy) is 1. The van der Waals surface area contributed by atoms with Crippen LogP contribution in [0.5, 0.6) is 0 Å². The van der Waals surface area contributed by atoms with Crippen molar-refractivity contribution < 1.29 is 22.7 Å². The largest absolute Gasteiger partial charge is 0.455 e. The standard InChI is InChI=1S/C14H12F2O3/c1-8-5-10(12(16)6-11(8)15)14(17)13-4-3-9(19-13)7-18-2/h3-6H,7H2,1-2H3. The third-order valence-electron chi connectivity index (χ3n) is 2.66. The number of aryl methyl sites for hydroxylation is 1. The molecule has 0 N–H and O–H groups in total. The zero-order chi connectivity index (χ0) is 14.0. The molecular weight excluding hydrogens is 254 g/mol. The van der Waals surface area contributed by atoms with Gasteiger partial charge >= 0.3 is 0 Å². The van der Waals surface area contributed by atoms with Gasteiger partial charge in [0.1, 0.15) is 24.0 Å². The summed E-state index contributed by atoms with van der Waals surface area (Å²) in [7, 11) is 1.49. The maximum atomic E-state index is 13.6. The van der Waals surface area contributed by atoms with Crippen LogP contribution in [0.1, 0.15) is 27.4 Å². The van der Waals surface area contributed by atoms with Gasteiger partial charge in [-0.05, 0) is 30.7 Å². The second kappa shape index (κ2) is 5.32. The van der Waals surface area contributed by atoms with Crippen LogP contribution in [0.25, 0.3) is 0 Å². The summed E-state index contributed by atoms with van der Waals surface area (Å²) >= 11 is 0. The van der Waals surface area contributed by atoms with Crippen molar-refractivity contribution in [3.63, 3.8) is 0 Å². The van der Waals surface area contributed by atoms with Crippen molar-refractivity contribution in [2.24, 2.45) is 0 Å². The molecule has 5 heteroatoms. The first kappa shape index (κ1) is 13.4. The van der Waals surface area contributed by atoms with Crippen molar-refractivity contribution in [3.8, 4) is 0 Å². The lowest BCUT2D eigenvalue weighted by atomic mass is 10.1. The van der Waals surface area contributed by atoms with Crippen molar-refractivity contribution in [2.75, 3.05) is 7.11 Å². The molecule has 0 aliphatic carbocycles. The van der Waals surface area contributed by atoms with Crippen LogP contribution in [0.3, 0.4) is 0 Å². The molecule has 1 heterocycles. The molecule has 0 aliphatic heterocycles. The summed E-state index contributed by atoms with van der Waals surface area (Å²) in [5, 5.41) is 0. The van der Waals surface area contributed by atoms with Gasteiger partial charge in [-0.1, -0.05) is 0 Å². The molecule has 0 amide bonds. The Labute approximate surface area is 108 Å². The van der Waals surface area contributed by atoms with Crippen LogP contribution in [0, 0.1) is 18.6 Å². The molecule has 19 heavy (non-hydrogen) atoms. The van der Waals surface area contributed by atoms with Gasteiger partial charge < -0.3 is 9.15 Å². The fraction of sp³-hybridized carbons (Fsp3) is 0.214. The van der Waals surface area contributed by atoms with E-state index in [2.05, 4.69) is 0 Å². The molecule has 0 saturated carbocycles. The molecule has 0 saturated heterocycles. The molecule has 2 rings (SSSR count). The van der Waals surface area contributed by atoms with E-state index in [0.717, 1.165) is 0 Å². The molecular formula is C14H12F2O3. The molecule has 2 aromatic rings. The summed E-state index contributed by atoms with van der Waals surface area (Å²) in [6.07, 6.45) is 0. The van der Waals surface area contributed by atoms with Crippen LogP contribution in [-0.4, -0.2) is 12.9 Å². The first-order valence-corrected chi connectivity index (χ1v) is 5.61. The van der Waals surface area contributed by atoms with E-state index in [-0.39, 0.29) is 23.5 Å². The van der Waals surface area contributed by atoms with Crippen molar-refractivity contribution in [1.29, 1.82) is 0 Å². The third-order valence-corrected chi connectivity index (χ3v) is 2.66. The Hall–Kier alpha value is -2.01. The monoisotopic (exact) mass is 266 g/mol. The molecule has 3 nitrogen and oxygen atoms in total. The first-order valence-electron chi connectivity index (χ1n) is 5.61. The Kier molecular flexibility index (Phi) is 3.76. The lowest BCUT2D eigenvalue weighted by molar-refractivity contribution is 0.0996. The van der Waals surface area contributed by atoms with E-state index in [1.54, 1.807) is 6.07 Å². The number of methoxy groups -OCH3 is 1. The summed E-state index contributed by atoms with van der Waals surface area (Å²) < 4.78 is 36.8. The summed E-state index contributed by atoms with van der Waals surface area (Å²) in [5.41, 5.74) is -0.00867. The molecule has 0 unspecified atom stereocenters. The van der Waals surface area contributed by atoms with Crippen molar-refractivity contribution in [1.82, 2.24) is 0 Å². The minimum Gasteiger partial charge on any atom is -0.455 e. The van der Waals surface area contributed by atoms with Crippen LogP contribution in [-0.2, 0) is 11.3 Å². The van der Waals surface area contributed by atoms with Gasteiger partial charge in [0, 0.05) is 13.2 Å². The number of carbonyl (C=O) groups is 1. The molecule has 100 valence electrons. The van der Waals surface area contributed by atoms with E-state index in [9.17, 15) is 13.6 Å². The Morgan fingerprint density at radius 1 is 1.26 bits per heavy atom. The van der Waals surface area contributed by atoms with Crippen LogP contribution in [0.4, 0.5) is 8.78 Å². The topological polar surface area (TPSA) is 39.4 Å². The maximum absolute atomic E-state index is 13.6. The molecule has 1 aromatic heterocycles. The predicted octanol–water partition coefficient (Wildman–Crippen LogP) is 3.24. The number of rotatable bonds is 4. The van der Waals surface area contributed by atoms with Crippen LogP contribution >= 0.6 is 0 Å². The van der Waals surface area contributed by atoms with Gasteiger partial charge in [0.05, 0.1) is 5.56 Å². The molecule has 0 atom stereocenters. The van der Waals surface area contributed by atoms with Crippen molar-refractivity contribution >= 4 is 5.78 Å². The number of hydrogen-bond acceptors (Lipinski definition) is 3. The molecule has 0 radical (unpaired) electrons. The highest BCUT2D eigenvalue weighted by molar-refractivity contribution is 6.07. The first-order chi connectivity index (χ1) is 9.02. The molecule has 1 aromatic carbocycles. The SMILES string of the molecule is COCc1ccc(C(=O)c2cc(C)c(F)cc2F)o1. The minimum absolute atomic E-state index is 0.00282. The van der Waals surface area contributed by atoms with Crippen LogP contribution in [0.2, 0.25) is 0 Å². The second-order valence-electron chi connectivity index (χ2n) is 4.11. The Morgan fingerprint density at radius 2 is 2.00 bits per heavy atom. The highest BCUT2D eigenvalue weighted by Gasteiger charge is 2.19. The van der Waals surface area contributed by atoms with Gasteiger partial charge in [0.25, 0.3) is 0 Å². The summed E-state index contributed by atoms with van der Waals surface area (Å²) in [4.78, 5) is 12.1. The van der Waals surface area contributed by atoms with Crippen LogP contribution in [0.15, 0.2) is 28.7 Å². The summed E-state index contributed by atoms with van der Waals surface area (Å²) in [6, 6.07) is 4.88. The summed E-state index contributed by atoms with van der Waals surface area (Å²) in [5.74, 6) is -1.75. The zero-order valence-corrected chi connectivity index (χ0v) is 10.5. The van der Waals surface area contributed by atoms with Gasteiger partial charge in [-0.3, -0.25) is 4.79 Å². The molecule has 0 aliphatic rings. The smallest absolute Gasteiger partial charge is 0.231 e. The van der Waals surface area contributed by atoms with E-state index in [1.165, 1.54) is 26.2 Å².